The Morgan fingerprint density at radius 2 is 2.18 bits per heavy atom. The molecule has 0 fully saturated rings. The summed E-state index contributed by atoms with van der Waals surface area (Å²) in [7, 11) is 0. The summed E-state index contributed by atoms with van der Waals surface area (Å²) in [5, 5.41) is 19.0. The number of nitrogens with zero attached hydrogens (tertiary/aromatic N) is 4. The second-order valence-electron chi connectivity index (χ2n) is 3.07. The van der Waals surface area contributed by atoms with Crippen molar-refractivity contribution in [2.75, 3.05) is 0 Å². The molecule has 6 nitrogen and oxygen atoms in total. The van der Waals surface area contributed by atoms with Crippen molar-refractivity contribution in [3.63, 3.8) is 0 Å². The SMILES string of the molecule is O=C(O)/C=C/c1nnnn1-c1ccccc1F. The molecule has 0 spiro atoms. The number of carboxylic acids is 1. The van der Waals surface area contributed by atoms with E-state index in [0.29, 0.717) is 0 Å². The van der Waals surface area contributed by atoms with Gasteiger partial charge in [-0.3, -0.25) is 0 Å². The molecule has 0 atom stereocenters. The van der Waals surface area contributed by atoms with Crippen LogP contribution in [0.25, 0.3) is 11.8 Å². The molecule has 1 heterocycles. The van der Waals surface area contributed by atoms with Crippen LogP contribution < -0.4 is 0 Å². The van der Waals surface area contributed by atoms with Crippen LogP contribution >= 0.6 is 0 Å². The van der Waals surface area contributed by atoms with Gasteiger partial charge < -0.3 is 5.11 Å². The number of rotatable bonds is 3. The maximum atomic E-state index is 13.5. The maximum absolute atomic E-state index is 13.5. The fraction of sp³-hybridized carbons (Fsp3) is 0. The first-order valence-electron chi connectivity index (χ1n) is 4.63. The Balaban J connectivity index is 2.44. The first-order valence-corrected chi connectivity index (χ1v) is 4.63. The van der Waals surface area contributed by atoms with E-state index in [0.717, 1.165) is 10.8 Å². The van der Waals surface area contributed by atoms with Crippen molar-refractivity contribution >= 4 is 12.0 Å². The van der Waals surface area contributed by atoms with Gasteiger partial charge in [-0.1, -0.05) is 12.1 Å². The number of para-hydroxylation sites is 1. The minimum absolute atomic E-state index is 0.137. The summed E-state index contributed by atoms with van der Waals surface area (Å²) in [5.74, 6) is -1.49. The average molecular weight is 234 g/mol. The molecule has 0 bridgehead atoms. The highest BCUT2D eigenvalue weighted by Crippen LogP contribution is 2.12. The summed E-state index contributed by atoms with van der Waals surface area (Å²) in [4.78, 5) is 10.4. The topological polar surface area (TPSA) is 80.9 Å². The second kappa shape index (κ2) is 4.52. The van der Waals surface area contributed by atoms with Crippen molar-refractivity contribution in [2.24, 2.45) is 0 Å². The molecular formula is C10H7FN4O2. The number of hydrogen-bond acceptors (Lipinski definition) is 4. The van der Waals surface area contributed by atoms with Gasteiger partial charge >= 0.3 is 5.97 Å². The molecule has 0 saturated carbocycles. The lowest BCUT2D eigenvalue weighted by molar-refractivity contribution is -0.131. The highest BCUT2D eigenvalue weighted by Gasteiger charge is 2.09. The van der Waals surface area contributed by atoms with Crippen LogP contribution in [-0.2, 0) is 4.79 Å². The lowest BCUT2D eigenvalue weighted by atomic mass is 10.3. The third-order valence-electron chi connectivity index (χ3n) is 1.95. The quantitative estimate of drug-likeness (QED) is 0.798. The van der Waals surface area contributed by atoms with Crippen molar-refractivity contribution in [1.82, 2.24) is 20.2 Å². The first-order chi connectivity index (χ1) is 8.18. The molecule has 7 heteroatoms. The molecule has 17 heavy (non-hydrogen) atoms. The molecule has 1 N–H and O–H groups in total. The predicted molar refractivity (Wildman–Crippen MR) is 55.8 cm³/mol. The Hall–Kier alpha value is -2.57. The van der Waals surface area contributed by atoms with Crippen molar-refractivity contribution in [3.05, 3.63) is 42.0 Å². The van der Waals surface area contributed by atoms with Gasteiger partial charge in [0.15, 0.2) is 5.82 Å². The lowest BCUT2D eigenvalue weighted by Gasteiger charge is -2.02. The van der Waals surface area contributed by atoms with Crippen LogP contribution in [0.4, 0.5) is 4.39 Å². The Kier molecular flexibility index (Phi) is 2.91. The molecule has 0 saturated heterocycles. The van der Waals surface area contributed by atoms with E-state index in [4.69, 9.17) is 5.11 Å². The van der Waals surface area contributed by atoms with Crippen molar-refractivity contribution < 1.29 is 14.3 Å². The number of tetrazole rings is 1. The molecule has 0 aliphatic heterocycles. The lowest BCUT2D eigenvalue weighted by Crippen LogP contribution is -2.02. The molecule has 1 aromatic heterocycles. The fourth-order valence-electron chi connectivity index (χ4n) is 1.24. The van der Waals surface area contributed by atoms with Gasteiger partial charge in [0.1, 0.15) is 11.5 Å². The minimum atomic E-state index is -1.13. The van der Waals surface area contributed by atoms with Crippen molar-refractivity contribution in [3.8, 4) is 5.69 Å². The summed E-state index contributed by atoms with van der Waals surface area (Å²) < 4.78 is 14.6. The Morgan fingerprint density at radius 1 is 1.41 bits per heavy atom. The van der Waals surface area contributed by atoms with E-state index in [1.54, 1.807) is 6.07 Å². The zero-order chi connectivity index (χ0) is 12.3. The molecule has 0 radical (unpaired) electrons. The zero-order valence-electron chi connectivity index (χ0n) is 8.49. The number of hydrogen-bond donors (Lipinski definition) is 1. The van der Waals surface area contributed by atoms with Crippen molar-refractivity contribution in [1.29, 1.82) is 0 Å². The molecular weight excluding hydrogens is 227 g/mol. The van der Waals surface area contributed by atoms with Crippen LogP contribution in [0, 0.1) is 5.82 Å². The molecule has 2 rings (SSSR count). The predicted octanol–water partition coefficient (Wildman–Crippen LogP) is 0.899. The molecule has 2 aromatic rings. The third-order valence-corrected chi connectivity index (χ3v) is 1.95. The summed E-state index contributed by atoms with van der Waals surface area (Å²) >= 11 is 0. The standard InChI is InChI=1S/C10H7FN4O2/c11-7-3-1-2-4-8(7)15-9(12-13-14-15)5-6-10(16)17/h1-6H,(H,16,17)/b6-5+. The van der Waals surface area contributed by atoms with E-state index < -0.39 is 11.8 Å². The molecule has 0 aliphatic rings. The number of benzene rings is 1. The third kappa shape index (κ3) is 2.33. The zero-order valence-corrected chi connectivity index (χ0v) is 8.49. The Bertz CT molecular complexity index is 579. The van der Waals surface area contributed by atoms with Crippen LogP contribution in [-0.4, -0.2) is 31.3 Å². The van der Waals surface area contributed by atoms with E-state index in [1.807, 2.05) is 0 Å². The van der Waals surface area contributed by atoms with Gasteiger partial charge in [-0.05, 0) is 28.6 Å². The van der Waals surface area contributed by atoms with Crippen LogP contribution in [0.2, 0.25) is 0 Å². The van der Waals surface area contributed by atoms with E-state index in [2.05, 4.69) is 15.5 Å². The average Bonchev–Trinajstić information content (AvgIpc) is 2.75. The smallest absolute Gasteiger partial charge is 0.328 e. The maximum Gasteiger partial charge on any atom is 0.328 e. The molecule has 0 amide bonds. The van der Waals surface area contributed by atoms with Gasteiger partial charge in [-0.2, -0.15) is 4.68 Å². The van der Waals surface area contributed by atoms with Crippen LogP contribution in [0.3, 0.4) is 0 Å². The van der Waals surface area contributed by atoms with Gasteiger partial charge in [0.05, 0.1) is 0 Å². The minimum Gasteiger partial charge on any atom is -0.478 e. The van der Waals surface area contributed by atoms with Gasteiger partial charge in [0, 0.05) is 6.08 Å². The largest absolute Gasteiger partial charge is 0.478 e. The summed E-state index contributed by atoms with van der Waals surface area (Å²) in [5.41, 5.74) is 0.155. The Morgan fingerprint density at radius 3 is 2.88 bits per heavy atom. The Labute approximate surface area is 95.0 Å². The normalized spacial score (nSPS) is 10.9. The fourth-order valence-corrected chi connectivity index (χ4v) is 1.24. The molecule has 86 valence electrons. The summed E-state index contributed by atoms with van der Waals surface area (Å²) in [6, 6.07) is 5.92. The van der Waals surface area contributed by atoms with Crippen LogP contribution in [0.1, 0.15) is 5.82 Å². The molecule has 1 aromatic carbocycles. The number of aliphatic carboxylic acids is 1. The summed E-state index contributed by atoms with van der Waals surface area (Å²) in [6.07, 6.45) is 2.07. The highest BCUT2D eigenvalue weighted by molar-refractivity contribution is 5.84. The van der Waals surface area contributed by atoms with Crippen LogP contribution in [0.5, 0.6) is 0 Å². The number of halogens is 1. The van der Waals surface area contributed by atoms with Gasteiger partial charge in [-0.25, -0.2) is 9.18 Å². The number of carboxylic acid groups (broad SMARTS) is 1. The number of aromatic nitrogens is 4. The van der Waals surface area contributed by atoms with Crippen molar-refractivity contribution in [2.45, 2.75) is 0 Å². The first kappa shape index (κ1) is 10.9. The van der Waals surface area contributed by atoms with E-state index in [1.165, 1.54) is 24.3 Å². The van der Waals surface area contributed by atoms with E-state index >= 15 is 0 Å². The van der Waals surface area contributed by atoms with E-state index in [9.17, 15) is 9.18 Å². The number of carbonyl (C=O) groups is 1. The van der Waals surface area contributed by atoms with Gasteiger partial charge in [0.2, 0.25) is 0 Å². The monoisotopic (exact) mass is 234 g/mol. The highest BCUT2D eigenvalue weighted by atomic mass is 19.1. The van der Waals surface area contributed by atoms with Crippen LogP contribution in [0.15, 0.2) is 30.3 Å². The van der Waals surface area contributed by atoms with Gasteiger partial charge in [0.25, 0.3) is 0 Å². The second-order valence-corrected chi connectivity index (χ2v) is 3.07. The molecule has 0 unspecified atom stereocenters. The van der Waals surface area contributed by atoms with E-state index in [-0.39, 0.29) is 11.5 Å². The van der Waals surface area contributed by atoms with Gasteiger partial charge in [-0.15, -0.1) is 5.10 Å². The summed E-state index contributed by atoms with van der Waals surface area (Å²) in [6.45, 7) is 0. The molecule has 0 aliphatic carbocycles.